The number of pyridine rings is 1. The lowest BCUT2D eigenvalue weighted by Gasteiger charge is -2.23. The number of rotatable bonds is 4. The maximum absolute atomic E-state index is 4.83. The van der Waals surface area contributed by atoms with Gasteiger partial charge in [0.2, 0.25) is 0 Å². The van der Waals surface area contributed by atoms with Crippen molar-refractivity contribution in [3.8, 4) is 5.82 Å². The minimum absolute atomic E-state index is 0.361. The molecule has 0 aromatic carbocycles. The third kappa shape index (κ3) is 3.93. The minimum Gasteiger partial charge on any atom is -0.357 e. The molecule has 3 heterocycles. The highest BCUT2D eigenvalue weighted by Crippen LogP contribution is 2.28. The van der Waals surface area contributed by atoms with Crippen molar-refractivity contribution in [1.29, 1.82) is 0 Å². The molecular formula is C18H26N6. The summed E-state index contributed by atoms with van der Waals surface area (Å²) in [5.41, 5.74) is 1.49. The molecule has 0 atom stereocenters. The Hall–Kier alpha value is -2.37. The van der Waals surface area contributed by atoms with E-state index in [1.165, 1.54) is 6.42 Å². The molecule has 0 saturated carbocycles. The largest absolute Gasteiger partial charge is 0.357 e. The van der Waals surface area contributed by atoms with Gasteiger partial charge in [0.15, 0.2) is 11.8 Å². The van der Waals surface area contributed by atoms with E-state index >= 15 is 0 Å². The second-order valence-electron chi connectivity index (χ2n) is 6.98. The summed E-state index contributed by atoms with van der Waals surface area (Å²) in [5.74, 6) is 1.82. The Morgan fingerprint density at radius 1 is 1.38 bits per heavy atom. The molecule has 0 amide bonds. The molecule has 1 aliphatic rings. The normalized spacial score (nSPS) is 17.3. The zero-order valence-electron chi connectivity index (χ0n) is 14.7. The first-order valence-corrected chi connectivity index (χ1v) is 8.56. The van der Waals surface area contributed by atoms with Crippen LogP contribution in [-0.4, -0.2) is 45.3 Å². The van der Waals surface area contributed by atoms with Crippen LogP contribution in [0.2, 0.25) is 0 Å². The van der Waals surface area contributed by atoms with Gasteiger partial charge in [0.1, 0.15) is 0 Å². The van der Waals surface area contributed by atoms with Crippen molar-refractivity contribution >= 4 is 5.96 Å². The summed E-state index contributed by atoms with van der Waals surface area (Å²) in [7, 11) is 0. The van der Waals surface area contributed by atoms with Crippen LogP contribution in [-0.2, 0) is 6.54 Å². The third-order valence-corrected chi connectivity index (χ3v) is 4.27. The van der Waals surface area contributed by atoms with Crippen molar-refractivity contribution in [2.45, 2.75) is 33.7 Å². The van der Waals surface area contributed by atoms with E-state index in [1.807, 2.05) is 30.6 Å². The van der Waals surface area contributed by atoms with Gasteiger partial charge in [-0.3, -0.25) is 0 Å². The zero-order chi connectivity index (χ0) is 17.0. The van der Waals surface area contributed by atoms with Crippen LogP contribution in [0.15, 0.2) is 41.8 Å². The first-order valence-electron chi connectivity index (χ1n) is 8.56. The van der Waals surface area contributed by atoms with Crippen LogP contribution in [0.25, 0.3) is 5.82 Å². The van der Waals surface area contributed by atoms with Gasteiger partial charge in [-0.1, -0.05) is 13.8 Å². The van der Waals surface area contributed by atoms with Crippen LogP contribution >= 0.6 is 0 Å². The minimum atomic E-state index is 0.361. The highest BCUT2D eigenvalue weighted by Gasteiger charge is 2.30. The summed E-state index contributed by atoms with van der Waals surface area (Å²) in [6, 6.07) is 5.94. The van der Waals surface area contributed by atoms with E-state index in [9.17, 15) is 0 Å². The van der Waals surface area contributed by atoms with Crippen LogP contribution in [0.3, 0.4) is 0 Å². The van der Waals surface area contributed by atoms with Gasteiger partial charge in [0.05, 0.1) is 6.54 Å². The number of nitrogens with one attached hydrogen (secondary N) is 1. The quantitative estimate of drug-likeness (QED) is 0.693. The van der Waals surface area contributed by atoms with Gasteiger partial charge in [-0.2, -0.15) is 5.10 Å². The first-order chi connectivity index (χ1) is 11.6. The number of aromatic nitrogens is 3. The Morgan fingerprint density at radius 2 is 2.25 bits per heavy atom. The molecule has 0 bridgehead atoms. The molecule has 128 valence electrons. The van der Waals surface area contributed by atoms with Crippen molar-refractivity contribution < 1.29 is 0 Å². The molecule has 2 aromatic heterocycles. The zero-order valence-corrected chi connectivity index (χ0v) is 14.7. The Labute approximate surface area is 143 Å². The summed E-state index contributed by atoms with van der Waals surface area (Å²) in [4.78, 5) is 11.6. The standard InChI is InChI=1S/C18H26N6/c1-4-19-17(23-11-7-18(2,3)14-23)21-13-15-6-9-20-16(12-15)24-10-5-8-22-24/h5-6,8-10,12H,4,7,11,13-14H2,1-3H3,(H,19,21). The Kier molecular flexibility index (Phi) is 4.83. The van der Waals surface area contributed by atoms with E-state index < -0.39 is 0 Å². The van der Waals surface area contributed by atoms with E-state index in [2.05, 4.69) is 41.1 Å². The summed E-state index contributed by atoms with van der Waals surface area (Å²) in [6.07, 6.45) is 6.67. The SMILES string of the molecule is CCNC(=NCc1ccnc(-n2cccn2)c1)N1CCC(C)(C)C1. The summed E-state index contributed by atoms with van der Waals surface area (Å²) in [6.45, 7) is 10.4. The van der Waals surface area contributed by atoms with Gasteiger partial charge < -0.3 is 10.2 Å². The number of hydrogen-bond acceptors (Lipinski definition) is 3. The lowest BCUT2D eigenvalue weighted by Crippen LogP contribution is -2.40. The average molecular weight is 326 g/mol. The Balaban J connectivity index is 1.74. The molecule has 3 rings (SSSR count). The molecule has 6 heteroatoms. The van der Waals surface area contributed by atoms with Crippen LogP contribution in [0.5, 0.6) is 0 Å². The molecular weight excluding hydrogens is 300 g/mol. The van der Waals surface area contributed by atoms with Crippen LogP contribution < -0.4 is 5.32 Å². The van der Waals surface area contributed by atoms with Crippen molar-refractivity contribution in [2.24, 2.45) is 10.4 Å². The fourth-order valence-corrected chi connectivity index (χ4v) is 2.97. The predicted octanol–water partition coefficient (Wildman–Crippen LogP) is 2.46. The van der Waals surface area contributed by atoms with Crippen molar-refractivity contribution in [3.63, 3.8) is 0 Å². The summed E-state index contributed by atoms with van der Waals surface area (Å²) < 4.78 is 1.77. The molecule has 1 fully saturated rings. The van der Waals surface area contributed by atoms with Gasteiger partial charge >= 0.3 is 0 Å². The molecule has 0 spiro atoms. The van der Waals surface area contributed by atoms with E-state index in [-0.39, 0.29) is 0 Å². The topological polar surface area (TPSA) is 58.3 Å². The number of aliphatic imine (C=N–C) groups is 1. The maximum Gasteiger partial charge on any atom is 0.194 e. The number of guanidine groups is 1. The number of nitrogens with zero attached hydrogens (tertiary/aromatic N) is 5. The van der Waals surface area contributed by atoms with Crippen LogP contribution in [0.4, 0.5) is 0 Å². The van der Waals surface area contributed by atoms with E-state index in [4.69, 9.17) is 4.99 Å². The van der Waals surface area contributed by atoms with Gasteiger partial charge in [-0.15, -0.1) is 0 Å². The molecule has 2 aromatic rings. The Morgan fingerprint density at radius 3 is 2.92 bits per heavy atom. The monoisotopic (exact) mass is 326 g/mol. The van der Waals surface area contributed by atoms with Gasteiger partial charge in [0.25, 0.3) is 0 Å². The molecule has 6 nitrogen and oxygen atoms in total. The molecule has 24 heavy (non-hydrogen) atoms. The molecule has 0 radical (unpaired) electrons. The lowest BCUT2D eigenvalue weighted by molar-refractivity contribution is 0.370. The average Bonchev–Trinajstić information content (AvgIpc) is 3.21. The molecule has 1 aliphatic heterocycles. The second kappa shape index (κ2) is 7.03. The predicted molar refractivity (Wildman–Crippen MR) is 96.1 cm³/mol. The highest BCUT2D eigenvalue weighted by atomic mass is 15.3. The third-order valence-electron chi connectivity index (χ3n) is 4.27. The number of hydrogen-bond donors (Lipinski definition) is 1. The van der Waals surface area contributed by atoms with Crippen LogP contribution in [0.1, 0.15) is 32.8 Å². The van der Waals surface area contributed by atoms with Gasteiger partial charge in [-0.05, 0) is 42.5 Å². The summed E-state index contributed by atoms with van der Waals surface area (Å²) >= 11 is 0. The molecule has 1 saturated heterocycles. The second-order valence-corrected chi connectivity index (χ2v) is 6.98. The van der Waals surface area contributed by atoms with Crippen molar-refractivity contribution in [3.05, 3.63) is 42.4 Å². The van der Waals surface area contributed by atoms with E-state index in [0.717, 1.165) is 37.0 Å². The molecule has 0 unspecified atom stereocenters. The van der Waals surface area contributed by atoms with Gasteiger partial charge in [-0.25, -0.2) is 14.7 Å². The van der Waals surface area contributed by atoms with Crippen LogP contribution in [0, 0.1) is 5.41 Å². The maximum atomic E-state index is 4.83. The van der Waals surface area contributed by atoms with Gasteiger partial charge in [0, 0.05) is 38.2 Å². The van der Waals surface area contributed by atoms with E-state index in [0.29, 0.717) is 12.0 Å². The lowest BCUT2D eigenvalue weighted by atomic mass is 9.93. The van der Waals surface area contributed by atoms with Crippen molar-refractivity contribution in [1.82, 2.24) is 25.0 Å². The molecule has 1 N–H and O–H groups in total. The van der Waals surface area contributed by atoms with Crippen molar-refractivity contribution in [2.75, 3.05) is 19.6 Å². The Bertz CT molecular complexity index is 689. The smallest absolute Gasteiger partial charge is 0.194 e. The fraction of sp³-hybridized carbons (Fsp3) is 0.500. The summed E-state index contributed by atoms with van der Waals surface area (Å²) in [5, 5.41) is 7.65. The highest BCUT2D eigenvalue weighted by molar-refractivity contribution is 5.80. The fourth-order valence-electron chi connectivity index (χ4n) is 2.97. The first kappa shape index (κ1) is 16.5. The van der Waals surface area contributed by atoms with E-state index in [1.54, 1.807) is 10.9 Å². The molecule has 0 aliphatic carbocycles. The number of likely N-dealkylation sites (tertiary alicyclic amines) is 1.